The molecule has 0 aromatic heterocycles. The van der Waals surface area contributed by atoms with Crippen LogP contribution in [0.4, 0.5) is 0 Å². The molecule has 2 unspecified atom stereocenters. The molecule has 2 saturated heterocycles. The van der Waals surface area contributed by atoms with Crippen LogP contribution in [0.1, 0.15) is 31.2 Å². The minimum atomic E-state index is 0.189. The maximum Gasteiger partial charge on any atom is 0.226 e. The Labute approximate surface area is 156 Å². The fourth-order valence-corrected chi connectivity index (χ4v) is 5.16. The van der Waals surface area contributed by atoms with Gasteiger partial charge < -0.3 is 14.4 Å². The van der Waals surface area contributed by atoms with E-state index in [-0.39, 0.29) is 11.3 Å². The van der Waals surface area contributed by atoms with Crippen LogP contribution in [0.3, 0.4) is 0 Å². The van der Waals surface area contributed by atoms with Gasteiger partial charge in [0, 0.05) is 32.1 Å². The molecule has 1 aliphatic carbocycles. The van der Waals surface area contributed by atoms with Gasteiger partial charge in [-0.25, -0.2) is 0 Å². The lowest BCUT2D eigenvalue weighted by atomic mass is 9.76. The van der Waals surface area contributed by atoms with Crippen LogP contribution >= 0.6 is 0 Å². The SMILES string of the molecule is COc1cccc(CN2CCC3(CCCC3C(=O)N3CCOCC3)C2)c1. The number of rotatable bonds is 4. The monoisotopic (exact) mass is 358 g/mol. The Balaban J connectivity index is 1.42. The third-order valence-electron chi connectivity index (χ3n) is 6.53. The predicted octanol–water partition coefficient (Wildman–Crippen LogP) is 2.55. The molecule has 3 fully saturated rings. The molecule has 2 atom stereocenters. The number of carbonyl (C=O) groups excluding carboxylic acids is 1. The molecule has 26 heavy (non-hydrogen) atoms. The van der Waals surface area contributed by atoms with Crippen molar-refractivity contribution in [3.8, 4) is 5.75 Å². The fraction of sp³-hybridized carbons (Fsp3) is 0.667. The number of amides is 1. The zero-order chi connectivity index (χ0) is 18.0. The van der Waals surface area contributed by atoms with Gasteiger partial charge in [-0.1, -0.05) is 18.6 Å². The molecule has 2 aliphatic heterocycles. The average molecular weight is 358 g/mol. The fourth-order valence-electron chi connectivity index (χ4n) is 5.16. The number of benzene rings is 1. The normalized spacial score (nSPS) is 29.4. The summed E-state index contributed by atoms with van der Waals surface area (Å²) in [4.78, 5) is 17.7. The average Bonchev–Trinajstić information content (AvgIpc) is 3.29. The second-order valence-electron chi connectivity index (χ2n) is 8.06. The second kappa shape index (κ2) is 7.57. The number of likely N-dealkylation sites (tertiary alicyclic amines) is 1. The Morgan fingerprint density at radius 3 is 2.92 bits per heavy atom. The molecule has 5 nitrogen and oxygen atoms in total. The summed E-state index contributed by atoms with van der Waals surface area (Å²) < 4.78 is 10.8. The number of methoxy groups -OCH3 is 1. The van der Waals surface area contributed by atoms with Crippen molar-refractivity contribution in [2.75, 3.05) is 46.5 Å². The molecule has 4 rings (SSSR count). The van der Waals surface area contributed by atoms with E-state index in [1.165, 1.54) is 18.4 Å². The van der Waals surface area contributed by atoms with Crippen LogP contribution in [0.25, 0.3) is 0 Å². The summed E-state index contributed by atoms with van der Waals surface area (Å²) in [6.07, 6.45) is 4.59. The lowest BCUT2D eigenvalue weighted by molar-refractivity contribution is -0.143. The van der Waals surface area contributed by atoms with Gasteiger partial charge >= 0.3 is 0 Å². The number of nitrogens with zero attached hydrogens (tertiary/aromatic N) is 2. The van der Waals surface area contributed by atoms with Crippen LogP contribution in [0.2, 0.25) is 0 Å². The second-order valence-corrected chi connectivity index (χ2v) is 8.06. The Bertz CT molecular complexity index is 644. The van der Waals surface area contributed by atoms with E-state index in [4.69, 9.17) is 9.47 Å². The molecule has 0 bridgehead atoms. The summed E-state index contributed by atoms with van der Waals surface area (Å²) >= 11 is 0. The highest BCUT2D eigenvalue weighted by molar-refractivity contribution is 5.80. The number of ether oxygens (including phenoxy) is 2. The summed E-state index contributed by atoms with van der Waals surface area (Å²) in [7, 11) is 1.71. The van der Waals surface area contributed by atoms with E-state index in [2.05, 4.69) is 23.1 Å². The number of hydrogen-bond donors (Lipinski definition) is 0. The van der Waals surface area contributed by atoms with Gasteiger partial charge in [-0.3, -0.25) is 9.69 Å². The maximum atomic E-state index is 13.1. The molecular formula is C21H30N2O3. The van der Waals surface area contributed by atoms with Crippen molar-refractivity contribution in [3.63, 3.8) is 0 Å². The molecule has 0 radical (unpaired) electrons. The number of morpholine rings is 1. The van der Waals surface area contributed by atoms with Crippen molar-refractivity contribution >= 4 is 5.91 Å². The Morgan fingerprint density at radius 1 is 1.27 bits per heavy atom. The third-order valence-corrected chi connectivity index (χ3v) is 6.53. The largest absolute Gasteiger partial charge is 0.497 e. The van der Waals surface area contributed by atoms with Gasteiger partial charge in [0.2, 0.25) is 5.91 Å². The van der Waals surface area contributed by atoms with Gasteiger partial charge in [-0.15, -0.1) is 0 Å². The minimum Gasteiger partial charge on any atom is -0.497 e. The van der Waals surface area contributed by atoms with Gasteiger partial charge in [0.15, 0.2) is 0 Å². The van der Waals surface area contributed by atoms with Gasteiger partial charge in [-0.05, 0) is 48.9 Å². The highest BCUT2D eigenvalue weighted by atomic mass is 16.5. The van der Waals surface area contributed by atoms with Crippen LogP contribution in [-0.2, 0) is 16.1 Å². The highest BCUT2D eigenvalue weighted by Crippen LogP contribution is 2.50. The van der Waals surface area contributed by atoms with Crippen LogP contribution < -0.4 is 4.74 Å². The van der Waals surface area contributed by atoms with E-state index in [1.807, 2.05) is 11.0 Å². The Morgan fingerprint density at radius 2 is 2.12 bits per heavy atom. The van der Waals surface area contributed by atoms with E-state index in [1.54, 1.807) is 7.11 Å². The lowest BCUT2D eigenvalue weighted by Gasteiger charge is -2.36. The number of carbonyl (C=O) groups is 1. The molecule has 0 N–H and O–H groups in total. The topological polar surface area (TPSA) is 42.0 Å². The van der Waals surface area contributed by atoms with Gasteiger partial charge in [-0.2, -0.15) is 0 Å². The number of hydrogen-bond acceptors (Lipinski definition) is 4. The zero-order valence-corrected chi connectivity index (χ0v) is 15.8. The van der Waals surface area contributed by atoms with E-state index in [9.17, 15) is 4.79 Å². The quantitative estimate of drug-likeness (QED) is 0.830. The van der Waals surface area contributed by atoms with Gasteiger partial charge in [0.1, 0.15) is 5.75 Å². The van der Waals surface area contributed by atoms with Gasteiger partial charge in [0.05, 0.1) is 20.3 Å². The molecule has 142 valence electrons. The summed E-state index contributed by atoms with van der Waals surface area (Å²) in [6.45, 7) is 5.98. The summed E-state index contributed by atoms with van der Waals surface area (Å²) in [5.74, 6) is 1.50. The molecule has 1 spiro atoms. The minimum absolute atomic E-state index is 0.189. The standard InChI is InChI=1S/C21H30N2O3/c1-25-18-5-2-4-17(14-18)15-22-9-8-21(16-22)7-3-6-19(21)20(24)23-10-12-26-13-11-23/h2,4-5,14,19H,3,6-13,15-16H2,1H3. The van der Waals surface area contributed by atoms with Crippen molar-refractivity contribution in [3.05, 3.63) is 29.8 Å². The summed E-state index contributed by atoms with van der Waals surface area (Å²) in [5, 5.41) is 0. The van der Waals surface area contributed by atoms with Crippen molar-refractivity contribution in [1.82, 2.24) is 9.80 Å². The predicted molar refractivity (Wildman–Crippen MR) is 100 cm³/mol. The first-order valence-corrected chi connectivity index (χ1v) is 9.92. The summed E-state index contributed by atoms with van der Waals surface area (Å²) in [6, 6.07) is 8.33. The van der Waals surface area contributed by atoms with E-state index in [0.29, 0.717) is 19.1 Å². The molecule has 1 aromatic rings. The van der Waals surface area contributed by atoms with Crippen LogP contribution in [0, 0.1) is 11.3 Å². The molecule has 1 aromatic carbocycles. The van der Waals surface area contributed by atoms with Crippen molar-refractivity contribution < 1.29 is 14.3 Å². The van der Waals surface area contributed by atoms with E-state index < -0.39 is 0 Å². The molecule has 1 saturated carbocycles. The van der Waals surface area contributed by atoms with Crippen molar-refractivity contribution in [1.29, 1.82) is 0 Å². The van der Waals surface area contributed by atoms with Gasteiger partial charge in [0.25, 0.3) is 0 Å². The first-order valence-electron chi connectivity index (χ1n) is 9.92. The lowest BCUT2D eigenvalue weighted by Crippen LogP contribution is -2.47. The molecular weight excluding hydrogens is 328 g/mol. The van der Waals surface area contributed by atoms with Crippen LogP contribution in [0.5, 0.6) is 5.75 Å². The van der Waals surface area contributed by atoms with E-state index in [0.717, 1.165) is 51.3 Å². The summed E-state index contributed by atoms with van der Waals surface area (Å²) in [5.41, 5.74) is 1.48. The molecule has 1 amide bonds. The first-order chi connectivity index (χ1) is 12.7. The Kier molecular flexibility index (Phi) is 5.18. The van der Waals surface area contributed by atoms with Crippen molar-refractivity contribution in [2.45, 2.75) is 32.2 Å². The smallest absolute Gasteiger partial charge is 0.226 e. The highest BCUT2D eigenvalue weighted by Gasteiger charge is 2.51. The van der Waals surface area contributed by atoms with E-state index >= 15 is 0 Å². The molecule has 2 heterocycles. The molecule has 5 heteroatoms. The third kappa shape index (κ3) is 3.47. The zero-order valence-electron chi connectivity index (χ0n) is 15.8. The van der Waals surface area contributed by atoms with Crippen LogP contribution in [-0.4, -0.2) is 62.2 Å². The Hall–Kier alpha value is -1.59. The molecule has 3 aliphatic rings. The van der Waals surface area contributed by atoms with Crippen LogP contribution in [0.15, 0.2) is 24.3 Å². The first kappa shape index (κ1) is 17.8. The van der Waals surface area contributed by atoms with Crippen molar-refractivity contribution in [2.24, 2.45) is 11.3 Å². The maximum absolute atomic E-state index is 13.1.